The molecule has 0 aromatic heterocycles. The van der Waals surface area contributed by atoms with Crippen LogP contribution in [0, 0.1) is 11.3 Å². The summed E-state index contributed by atoms with van der Waals surface area (Å²) in [6.45, 7) is 5.79. The molecule has 0 aliphatic carbocycles. The van der Waals surface area contributed by atoms with Crippen molar-refractivity contribution in [1.82, 2.24) is 10.2 Å². The molecule has 1 aliphatic heterocycles. The highest BCUT2D eigenvalue weighted by Crippen LogP contribution is 2.25. The number of hydrogen-bond donors (Lipinski definition) is 3. The monoisotopic (exact) mass is 299 g/mol. The summed E-state index contributed by atoms with van der Waals surface area (Å²) in [4.78, 5) is 36.1. The number of nitrogens with one attached hydrogen (secondary N) is 1. The Morgan fingerprint density at radius 2 is 2.00 bits per heavy atom. The van der Waals surface area contributed by atoms with Crippen LogP contribution < -0.4 is 11.1 Å². The summed E-state index contributed by atoms with van der Waals surface area (Å²) in [7, 11) is 0. The van der Waals surface area contributed by atoms with Crippen molar-refractivity contribution in [2.45, 2.75) is 46.1 Å². The third-order valence-electron chi connectivity index (χ3n) is 4.18. The van der Waals surface area contributed by atoms with Crippen molar-refractivity contribution in [3.05, 3.63) is 0 Å². The predicted octanol–water partition coefficient (Wildman–Crippen LogP) is 0.783. The van der Waals surface area contributed by atoms with Gasteiger partial charge in [-0.15, -0.1) is 0 Å². The van der Waals surface area contributed by atoms with E-state index >= 15 is 0 Å². The normalized spacial score (nSPS) is 22.7. The van der Waals surface area contributed by atoms with E-state index in [0.717, 1.165) is 12.8 Å². The first kappa shape index (κ1) is 17.3. The molecule has 2 atom stereocenters. The van der Waals surface area contributed by atoms with E-state index in [9.17, 15) is 19.5 Å². The van der Waals surface area contributed by atoms with Gasteiger partial charge in [-0.05, 0) is 32.6 Å². The van der Waals surface area contributed by atoms with E-state index in [1.54, 1.807) is 13.8 Å². The van der Waals surface area contributed by atoms with Crippen LogP contribution in [-0.2, 0) is 9.59 Å². The Hall–Kier alpha value is -1.79. The van der Waals surface area contributed by atoms with Crippen molar-refractivity contribution >= 4 is 17.9 Å². The number of carboxylic acid groups (broad SMARTS) is 1. The van der Waals surface area contributed by atoms with Crippen molar-refractivity contribution in [3.8, 4) is 0 Å². The van der Waals surface area contributed by atoms with Gasteiger partial charge in [-0.3, -0.25) is 4.79 Å². The number of nitrogens with zero attached hydrogens (tertiary/aromatic N) is 1. The molecule has 1 heterocycles. The number of nitrogens with two attached hydrogens (primary N) is 1. The van der Waals surface area contributed by atoms with Crippen molar-refractivity contribution in [3.63, 3.8) is 0 Å². The van der Waals surface area contributed by atoms with Crippen molar-refractivity contribution in [2.24, 2.45) is 17.1 Å². The second kappa shape index (κ2) is 6.78. The Morgan fingerprint density at radius 1 is 1.38 bits per heavy atom. The number of piperidine rings is 1. The lowest BCUT2D eigenvalue weighted by atomic mass is 9.89. The molecular formula is C14H25N3O4. The Bertz CT molecular complexity index is 422. The number of carbonyl (C=O) groups is 3. The van der Waals surface area contributed by atoms with Crippen molar-refractivity contribution in [1.29, 1.82) is 0 Å². The minimum atomic E-state index is -0.988. The molecule has 0 aromatic carbocycles. The van der Waals surface area contributed by atoms with Gasteiger partial charge in [0.1, 0.15) is 6.04 Å². The molecular weight excluding hydrogens is 274 g/mol. The van der Waals surface area contributed by atoms with Gasteiger partial charge in [0.15, 0.2) is 0 Å². The van der Waals surface area contributed by atoms with Gasteiger partial charge < -0.3 is 21.1 Å². The second-order valence-electron chi connectivity index (χ2n) is 6.25. The van der Waals surface area contributed by atoms with E-state index in [0.29, 0.717) is 18.9 Å². The molecule has 0 aromatic rings. The summed E-state index contributed by atoms with van der Waals surface area (Å²) in [6, 6.07) is -1.26. The van der Waals surface area contributed by atoms with Gasteiger partial charge in [0.2, 0.25) is 5.91 Å². The summed E-state index contributed by atoms with van der Waals surface area (Å²) in [5.41, 5.74) is 4.38. The lowest BCUT2D eigenvalue weighted by Crippen LogP contribution is -2.55. The average Bonchev–Trinajstić information content (AvgIpc) is 2.43. The molecule has 120 valence electrons. The first-order valence-electron chi connectivity index (χ1n) is 7.26. The summed E-state index contributed by atoms with van der Waals surface area (Å²) in [6.07, 6.45) is 2.18. The number of primary amides is 1. The zero-order valence-corrected chi connectivity index (χ0v) is 12.9. The first-order chi connectivity index (χ1) is 9.69. The minimum absolute atomic E-state index is 0.0845. The molecule has 0 bridgehead atoms. The molecule has 4 N–H and O–H groups in total. The molecule has 7 nitrogen and oxygen atoms in total. The lowest BCUT2D eigenvalue weighted by Gasteiger charge is -2.37. The number of carboxylic acids is 1. The van der Waals surface area contributed by atoms with Crippen molar-refractivity contribution in [2.75, 3.05) is 13.1 Å². The van der Waals surface area contributed by atoms with Crippen LogP contribution in [0.1, 0.15) is 40.0 Å². The van der Waals surface area contributed by atoms with Gasteiger partial charge in [-0.2, -0.15) is 0 Å². The van der Waals surface area contributed by atoms with Crippen LogP contribution in [0.3, 0.4) is 0 Å². The Kier molecular flexibility index (Phi) is 5.57. The smallest absolute Gasteiger partial charge is 0.326 e. The second-order valence-corrected chi connectivity index (χ2v) is 6.25. The lowest BCUT2D eigenvalue weighted by molar-refractivity contribution is -0.144. The van der Waals surface area contributed by atoms with E-state index in [4.69, 9.17) is 5.73 Å². The average molecular weight is 299 g/mol. The number of likely N-dealkylation sites (tertiary alicyclic amines) is 1. The van der Waals surface area contributed by atoms with E-state index in [-0.39, 0.29) is 6.54 Å². The van der Waals surface area contributed by atoms with Gasteiger partial charge in [0.05, 0.1) is 5.41 Å². The maximum atomic E-state index is 12.2. The number of urea groups is 1. The van der Waals surface area contributed by atoms with Crippen LogP contribution >= 0.6 is 0 Å². The molecule has 1 rings (SSSR count). The van der Waals surface area contributed by atoms with Crippen LogP contribution in [0.25, 0.3) is 0 Å². The highest BCUT2D eigenvalue weighted by atomic mass is 16.4. The fourth-order valence-corrected chi connectivity index (χ4v) is 2.37. The van der Waals surface area contributed by atoms with Crippen LogP contribution in [-0.4, -0.2) is 47.0 Å². The zero-order chi connectivity index (χ0) is 16.2. The SMILES string of the molecule is CCC1CCN(C(=O)NCC(C)(C)C(N)=O)C(C(=O)O)C1. The molecule has 1 aliphatic rings. The number of carbonyl (C=O) groups excluding carboxylic acids is 2. The highest BCUT2D eigenvalue weighted by Gasteiger charge is 2.36. The highest BCUT2D eigenvalue weighted by molar-refractivity contribution is 5.84. The van der Waals surface area contributed by atoms with E-state index in [1.807, 2.05) is 6.92 Å². The van der Waals surface area contributed by atoms with Gasteiger partial charge in [-0.1, -0.05) is 13.3 Å². The number of hydrogen-bond acceptors (Lipinski definition) is 3. The van der Waals surface area contributed by atoms with Gasteiger partial charge in [-0.25, -0.2) is 9.59 Å². The molecule has 2 unspecified atom stereocenters. The number of rotatable bonds is 5. The molecule has 21 heavy (non-hydrogen) atoms. The third-order valence-corrected chi connectivity index (χ3v) is 4.18. The fraction of sp³-hybridized carbons (Fsp3) is 0.786. The van der Waals surface area contributed by atoms with Gasteiger partial charge in [0, 0.05) is 13.1 Å². The van der Waals surface area contributed by atoms with Crippen LogP contribution in [0.2, 0.25) is 0 Å². The Morgan fingerprint density at radius 3 is 2.48 bits per heavy atom. The quantitative estimate of drug-likeness (QED) is 0.696. The number of aliphatic carboxylic acids is 1. The molecule has 0 saturated carbocycles. The molecule has 0 radical (unpaired) electrons. The Labute approximate surface area is 124 Å². The minimum Gasteiger partial charge on any atom is -0.480 e. The summed E-state index contributed by atoms with van der Waals surface area (Å²) < 4.78 is 0. The molecule has 7 heteroatoms. The molecule has 1 saturated heterocycles. The fourth-order valence-electron chi connectivity index (χ4n) is 2.37. The summed E-state index contributed by atoms with van der Waals surface area (Å²) in [5.74, 6) is -1.17. The van der Waals surface area contributed by atoms with E-state index < -0.39 is 29.4 Å². The maximum absolute atomic E-state index is 12.2. The summed E-state index contributed by atoms with van der Waals surface area (Å²) in [5, 5.41) is 11.9. The van der Waals surface area contributed by atoms with E-state index in [2.05, 4.69) is 5.32 Å². The molecule has 1 fully saturated rings. The number of amides is 3. The van der Waals surface area contributed by atoms with Crippen LogP contribution in [0.4, 0.5) is 4.79 Å². The summed E-state index contributed by atoms with van der Waals surface area (Å²) >= 11 is 0. The van der Waals surface area contributed by atoms with Gasteiger partial charge >= 0.3 is 12.0 Å². The largest absolute Gasteiger partial charge is 0.480 e. The van der Waals surface area contributed by atoms with Crippen LogP contribution in [0.5, 0.6) is 0 Å². The van der Waals surface area contributed by atoms with Crippen molar-refractivity contribution < 1.29 is 19.5 Å². The molecule has 0 spiro atoms. The van der Waals surface area contributed by atoms with Crippen LogP contribution in [0.15, 0.2) is 0 Å². The third kappa shape index (κ3) is 4.34. The first-order valence-corrected chi connectivity index (χ1v) is 7.26. The standard InChI is InChI=1S/C14H25N3O4/c1-4-9-5-6-17(10(7-9)11(18)19)13(21)16-8-14(2,3)12(15)20/h9-10H,4-8H2,1-3H3,(H2,15,20)(H,16,21)(H,18,19). The van der Waals surface area contributed by atoms with E-state index in [1.165, 1.54) is 4.90 Å². The molecule has 3 amide bonds. The topological polar surface area (TPSA) is 113 Å². The Balaban J connectivity index is 2.67. The maximum Gasteiger partial charge on any atom is 0.326 e. The zero-order valence-electron chi connectivity index (χ0n) is 12.9. The van der Waals surface area contributed by atoms with Gasteiger partial charge in [0.25, 0.3) is 0 Å². The predicted molar refractivity (Wildman–Crippen MR) is 77.5 cm³/mol.